The molecule has 0 aliphatic rings. The smallest absolute Gasteiger partial charge is 0.175 e. The van der Waals surface area contributed by atoms with Crippen LogP contribution in [0.4, 0.5) is 0 Å². The van der Waals surface area contributed by atoms with Crippen LogP contribution in [0.1, 0.15) is 0 Å². The van der Waals surface area contributed by atoms with Gasteiger partial charge in [0.15, 0.2) is 13.8 Å². The summed E-state index contributed by atoms with van der Waals surface area (Å²) in [6, 6.07) is 6.73. The van der Waals surface area contributed by atoms with E-state index in [1.54, 1.807) is 24.3 Å². The lowest BCUT2D eigenvalue weighted by atomic mass is 10.2. The number of benzene rings is 1. The lowest BCUT2D eigenvalue weighted by Gasteiger charge is -2.00. The monoisotopic (exact) mass is 271 g/mol. The quantitative estimate of drug-likeness (QED) is 0.854. The normalized spacial score (nSPS) is 11.6. The maximum Gasteiger partial charge on any atom is 0.175 e. The van der Waals surface area contributed by atoms with Gasteiger partial charge >= 0.3 is 0 Å². The van der Waals surface area contributed by atoms with Crippen LogP contribution in [0.2, 0.25) is 0 Å². The van der Waals surface area contributed by atoms with E-state index < -0.39 is 9.84 Å². The van der Waals surface area contributed by atoms with Gasteiger partial charge in [-0.15, -0.1) is 11.3 Å². The van der Waals surface area contributed by atoms with Crippen molar-refractivity contribution in [3.05, 3.63) is 33.6 Å². The molecule has 1 aromatic heterocycles. The molecule has 0 atom stereocenters. The van der Waals surface area contributed by atoms with E-state index in [9.17, 15) is 8.42 Å². The fourth-order valence-electron chi connectivity index (χ4n) is 1.30. The Morgan fingerprint density at radius 2 is 1.88 bits per heavy atom. The fourth-order valence-corrected chi connectivity index (χ4v) is 2.78. The molecule has 2 rings (SSSR count). The Morgan fingerprint density at radius 1 is 1.25 bits per heavy atom. The highest BCUT2D eigenvalue weighted by atomic mass is 32.2. The second-order valence-corrected chi connectivity index (χ2v) is 6.92. The van der Waals surface area contributed by atoms with Gasteiger partial charge < -0.3 is 4.98 Å². The van der Waals surface area contributed by atoms with Crippen molar-refractivity contribution in [2.45, 2.75) is 4.90 Å². The van der Waals surface area contributed by atoms with Gasteiger partial charge in [-0.25, -0.2) is 8.42 Å². The largest absolute Gasteiger partial charge is 0.337 e. The standard InChI is InChI=1S/C10H9NO2S3/c1-16(12,13)8-4-2-7(3-5-8)9-6-15-10(14)11-9/h2-6H,1H3,(H,11,14). The molecule has 0 saturated heterocycles. The van der Waals surface area contributed by atoms with Crippen molar-refractivity contribution in [1.82, 2.24) is 4.98 Å². The topological polar surface area (TPSA) is 49.9 Å². The van der Waals surface area contributed by atoms with E-state index in [-0.39, 0.29) is 0 Å². The zero-order chi connectivity index (χ0) is 11.8. The Hall–Kier alpha value is -0.980. The molecular weight excluding hydrogens is 262 g/mol. The summed E-state index contributed by atoms with van der Waals surface area (Å²) >= 11 is 6.43. The van der Waals surface area contributed by atoms with Gasteiger partial charge in [0.05, 0.1) is 10.6 Å². The molecule has 0 unspecified atom stereocenters. The molecule has 0 fully saturated rings. The average Bonchev–Trinajstić information content (AvgIpc) is 2.64. The molecule has 0 aliphatic carbocycles. The van der Waals surface area contributed by atoms with Crippen LogP contribution in [-0.4, -0.2) is 19.7 Å². The van der Waals surface area contributed by atoms with Gasteiger partial charge in [-0.3, -0.25) is 0 Å². The molecule has 1 heterocycles. The summed E-state index contributed by atoms with van der Waals surface area (Å²) in [7, 11) is -3.12. The third-order valence-corrected chi connectivity index (χ3v) is 4.30. The van der Waals surface area contributed by atoms with Crippen molar-refractivity contribution in [3.8, 4) is 11.3 Å². The second-order valence-electron chi connectivity index (χ2n) is 3.36. The molecule has 0 aliphatic heterocycles. The highest BCUT2D eigenvalue weighted by Gasteiger charge is 2.07. The van der Waals surface area contributed by atoms with Crippen molar-refractivity contribution < 1.29 is 8.42 Å². The van der Waals surface area contributed by atoms with E-state index in [1.807, 2.05) is 5.38 Å². The van der Waals surface area contributed by atoms with Gasteiger partial charge in [-0.2, -0.15) is 0 Å². The minimum atomic E-state index is -3.12. The Bertz CT molecular complexity index is 650. The zero-order valence-corrected chi connectivity index (χ0v) is 10.9. The lowest BCUT2D eigenvalue weighted by molar-refractivity contribution is 0.602. The molecule has 0 spiro atoms. The van der Waals surface area contributed by atoms with Crippen molar-refractivity contribution in [2.75, 3.05) is 6.26 Å². The third-order valence-electron chi connectivity index (χ3n) is 2.11. The minimum absolute atomic E-state index is 0.324. The summed E-state index contributed by atoms with van der Waals surface area (Å²) in [5.41, 5.74) is 1.84. The molecule has 6 heteroatoms. The number of sulfone groups is 1. The van der Waals surface area contributed by atoms with Gasteiger partial charge in [0.1, 0.15) is 0 Å². The first-order chi connectivity index (χ1) is 7.47. The minimum Gasteiger partial charge on any atom is -0.337 e. The number of hydrogen-bond acceptors (Lipinski definition) is 4. The predicted molar refractivity (Wildman–Crippen MR) is 68.0 cm³/mol. The predicted octanol–water partition coefficient (Wildman–Crippen LogP) is 2.88. The molecule has 0 bridgehead atoms. The van der Waals surface area contributed by atoms with Gasteiger partial charge in [0, 0.05) is 11.6 Å². The first kappa shape index (κ1) is 11.5. The van der Waals surface area contributed by atoms with Crippen molar-refractivity contribution in [1.29, 1.82) is 0 Å². The van der Waals surface area contributed by atoms with Gasteiger partial charge in [-0.05, 0) is 29.9 Å². The maximum atomic E-state index is 11.3. The van der Waals surface area contributed by atoms with Crippen molar-refractivity contribution in [3.63, 3.8) is 0 Å². The summed E-state index contributed by atoms with van der Waals surface area (Å²) in [5.74, 6) is 0. The highest BCUT2D eigenvalue weighted by Crippen LogP contribution is 2.21. The van der Waals surface area contributed by atoms with Crippen LogP contribution in [0.5, 0.6) is 0 Å². The number of rotatable bonds is 2. The summed E-state index contributed by atoms with van der Waals surface area (Å²) in [4.78, 5) is 3.36. The van der Waals surface area contributed by atoms with Crippen molar-refractivity contribution >= 4 is 33.4 Å². The highest BCUT2D eigenvalue weighted by molar-refractivity contribution is 7.90. The number of aromatic amines is 1. The van der Waals surface area contributed by atoms with Crippen LogP contribution in [0.15, 0.2) is 34.5 Å². The molecular formula is C10H9NO2S3. The van der Waals surface area contributed by atoms with E-state index in [4.69, 9.17) is 12.2 Å². The molecule has 0 amide bonds. The molecule has 0 radical (unpaired) electrons. The zero-order valence-electron chi connectivity index (χ0n) is 8.43. The Morgan fingerprint density at radius 3 is 2.31 bits per heavy atom. The van der Waals surface area contributed by atoms with Crippen molar-refractivity contribution in [2.24, 2.45) is 0 Å². The molecule has 84 valence electrons. The van der Waals surface area contributed by atoms with Crippen LogP contribution >= 0.6 is 23.6 Å². The summed E-state index contributed by atoms with van der Waals surface area (Å²) in [5, 5.41) is 1.91. The number of hydrogen-bond donors (Lipinski definition) is 1. The molecule has 2 aromatic rings. The van der Waals surface area contributed by atoms with Crippen LogP contribution in [0.3, 0.4) is 0 Å². The van der Waals surface area contributed by atoms with E-state index in [0.29, 0.717) is 8.85 Å². The molecule has 16 heavy (non-hydrogen) atoms. The lowest BCUT2D eigenvalue weighted by Crippen LogP contribution is -1.96. The van der Waals surface area contributed by atoms with Crippen LogP contribution in [0.25, 0.3) is 11.3 Å². The van der Waals surface area contributed by atoms with Gasteiger partial charge in [0.25, 0.3) is 0 Å². The first-order valence-corrected chi connectivity index (χ1v) is 7.63. The fraction of sp³-hybridized carbons (Fsp3) is 0.100. The van der Waals surface area contributed by atoms with Crippen LogP contribution in [0, 0.1) is 3.95 Å². The van der Waals surface area contributed by atoms with E-state index in [2.05, 4.69) is 4.98 Å². The number of nitrogens with one attached hydrogen (secondary N) is 1. The maximum absolute atomic E-state index is 11.3. The molecule has 1 aromatic carbocycles. The summed E-state index contributed by atoms with van der Waals surface area (Å²) < 4.78 is 23.2. The second kappa shape index (κ2) is 4.12. The average molecular weight is 271 g/mol. The van der Waals surface area contributed by atoms with E-state index in [1.165, 1.54) is 17.6 Å². The van der Waals surface area contributed by atoms with Crippen LogP contribution < -0.4 is 0 Å². The molecule has 3 nitrogen and oxygen atoms in total. The SMILES string of the molecule is CS(=O)(=O)c1ccc(-c2csc(=S)[nH]2)cc1. The summed E-state index contributed by atoms with van der Waals surface area (Å²) in [6.07, 6.45) is 1.19. The Kier molecular flexibility index (Phi) is 2.96. The summed E-state index contributed by atoms with van der Waals surface area (Å²) in [6.45, 7) is 0. The number of thiazole rings is 1. The first-order valence-electron chi connectivity index (χ1n) is 4.45. The van der Waals surface area contributed by atoms with Gasteiger partial charge in [0.2, 0.25) is 0 Å². The van der Waals surface area contributed by atoms with Crippen LogP contribution in [-0.2, 0) is 9.84 Å². The number of aromatic nitrogens is 1. The van der Waals surface area contributed by atoms with E-state index in [0.717, 1.165) is 11.3 Å². The molecule has 1 N–H and O–H groups in total. The Balaban J connectivity index is 2.44. The Labute approximate surface area is 103 Å². The molecule has 0 saturated carbocycles. The number of H-pyrrole nitrogens is 1. The van der Waals surface area contributed by atoms with E-state index >= 15 is 0 Å². The van der Waals surface area contributed by atoms with Gasteiger partial charge in [-0.1, -0.05) is 12.1 Å². The third kappa shape index (κ3) is 2.40.